The summed E-state index contributed by atoms with van der Waals surface area (Å²) < 4.78 is 2.09. The molecule has 1 aromatic rings. The minimum absolute atomic E-state index is 0.583. The number of nitrogens with one attached hydrogen (secondary N) is 1. The van der Waals surface area contributed by atoms with Gasteiger partial charge in [0.2, 0.25) is 0 Å². The van der Waals surface area contributed by atoms with E-state index in [0.717, 1.165) is 13.1 Å². The van der Waals surface area contributed by atoms with Crippen LogP contribution >= 0.6 is 0 Å². The average Bonchev–Trinajstić information content (AvgIpc) is 2.70. The first-order valence-corrected chi connectivity index (χ1v) is 6.01. The number of hydrogen-bond donors (Lipinski definition) is 1. The van der Waals surface area contributed by atoms with Crippen LogP contribution in [0.25, 0.3) is 0 Å². The molecule has 0 spiro atoms. The summed E-state index contributed by atoms with van der Waals surface area (Å²) in [6.45, 7) is 8.54. The Bertz CT molecular complexity index is 297. The second-order valence-corrected chi connectivity index (χ2v) is 4.51. The SMILES string of the molecule is CC(C)=CCCC(C)NCCn1ccnc1. The van der Waals surface area contributed by atoms with Crippen molar-refractivity contribution in [2.24, 2.45) is 0 Å². The third-order valence-corrected chi connectivity index (χ3v) is 2.57. The molecule has 16 heavy (non-hydrogen) atoms. The van der Waals surface area contributed by atoms with E-state index < -0.39 is 0 Å². The molecular weight excluding hydrogens is 198 g/mol. The summed E-state index contributed by atoms with van der Waals surface area (Å²) in [5.74, 6) is 0. The maximum absolute atomic E-state index is 4.02. The Morgan fingerprint density at radius 1 is 1.50 bits per heavy atom. The molecule has 1 aromatic heterocycles. The van der Waals surface area contributed by atoms with E-state index in [2.05, 4.69) is 41.7 Å². The molecule has 1 N–H and O–H groups in total. The number of nitrogens with zero attached hydrogens (tertiary/aromatic N) is 2. The van der Waals surface area contributed by atoms with Crippen LogP contribution in [0.4, 0.5) is 0 Å². The summed E-state index contributed by atoms with van der Waals surface area (Å²) in [5.41, 5.74) is 1.41. The molecule has 0 saturated carbocycles. The first kappa shape index (κ1) is 13.0. The van der Waals surface area contributed by atoms with E-state index in [-0.39, 0.29) is 0 Å². The van der Waals surface area contributed by atoms with Crippen LogP contribution in [0.2, 0.25) is 0 Å². The highest BCUT2D eigenvalue weighted by molar-refractivity contribution is 4.93. The molecule has 3 nitrogen and oxygen atoms in total. The van der Waals surface area contributed by atoms with Gasteiger partial charge >= 0.3 is 0 Å². The molecule has 0 radical (unpaired) electrons. The van der Waals surface area contributed by atoms with E-state index in [1.165, 1.54) is 18.4 Å². The third kappa shape index (κ3) is 5.71. The lowest BCUT2D eigenvalue weighted by Crippen LogP contribution is -2.29. The quantitative estimate of drug-likeness (QED) is 0.717. The van der Waals surface area contributed by atoms with Crippen LogP contribution < -0.4 is 5.32 Å². The number of aromatic nitrogens is 2. The molecule has 0 amide bonds. The van der Waals surface area contributed by atoms with Gasteiger partial charge in [-0.1, -0.05) is 11.6 Å². The van der Waals surface area contributed by atoms with Crippen molar-refractivity contribution in [3.05, 3.63) is 30.4 Å². The molecule has 0 fully saturated rings. The molecule has 0 aromatic carbocycles. The van der Waals surface area contributed by atoms with Gasteiger partial charge in [-0.25, -0.2) is 4.98 Å². The molecule has 1 atom stereocenters. The van der Waals surface area contributed by atoms with Gasteiger partial charge in [-0.3, -0.25) is 0 Å². The van der Waals surface area contributed by atoms with Gasteiger partial charge in [0, 0.05) is 31.5 Å². The fraction of sp³-hybridized carbons (Fsp3) is 0.615. The van der Waals surface area contributed by atoms with Crippen molar-refractivity contribution in [2.75, 3.05) is 6.54 Å². The smallest absolute Gasteiger partial charge is 0.0946 e. The van der Waals surface area contributed by atoms with Crippen LogP contribution in [-0.4, -0.2) is 22.1 Å². The molecular formula is C13H23N3. The Morgan fingerprint density at radius 2 is 2.31 bits per heavy atom. The molecule has 0 saturated heterocycles. The molecule has 1 heterocycles. The van der Waals surface area contributed by atoms with Gasteiger partial charge in [0.25, 0.3) is 0 Å². The Morgan fingerprint density at radius 3 is 2.94 bits per heavy atom. The predicted molar refractivity (Wildman–Crippen MR) is 68.4 cm³/mol. The minimum atomic E-state index is 0.583. The highest BCUT2D eigenvalue weighted by atomic mass is 15.0. The van der Waals surface area contributed by atoms with Crippen molar-refractivity contribution in [3.63, 3.8) is 0 Å². The average molecular weight is 221 g/mol. The first-order valence-electron chi connectivity index (χ1n) is 6.01. The maximum atomic E-state index is 4.02. The van der Waals surface area contributed by atoms with E-state index in [4.69, 9.17) is 0 Å². The second-order valence-electron chi connectivity index (χ2n) is 4.51. The highest BCUT2D eigenvalue weighted by Gasteiger charge is 1.99. The fourth-order valence-electron chi connectivity index (χ4n) is 1.58. The van der Waals surface area contributed by atoms with Crippen molar-refractivity contribution >= 4 is 0 Å². The molecule has 90 valence electrons. The maximum Gasteiger partial charge on any atom is 0.0946 e. The topological polar surface area (TPSA) is 29.9 Å². The van der Waals surface area contributed by atoms with Gasteiger partial charge in [-0.15, -0.1) is 0 Å². The lowest BCUT2D eigenvalue weighted by molar-refractivity contribution is 0.492. The standard InChI is InChI=1S/C13H23N3/c1-12(2)5-4-6-13(3)15-8-10-16-9-7-14-11-16/h5,7,9,11,13,15H,4,6,8,10H2,1-3H3. The Labute approximate surface area is 98.6 Å². The van der Waals surface area contributed by atoms with Crippen LogP contribution in [0.5, 0.6) is 0 Å². The van der Waals surface area contributed by atoms with Crippen molar-refractivity contribution in [1.82, 2.24) is 14.9 Å². The van der Waals surface area contributed by atoms with Gasteiger partial charge in [0.15, 0.2) is 0 Å². The largest absolute Gasteiger partial charge is 0.336 e. The molecule has 0 bridgehead atoms. The number of rotatable bonds is 7. The van der Waals surface area contributed by atoms with Crippen LogP contribution in [-0.2, 0) is 6.54 Å². The van der Waals surface area contributed by atoms with Crippen LogP contribution in [0, 0.1) is 0 Å². The van der Waals surface area contributed by atoms with Gasteiger partial charge in [0.1, 0.15) is 0 Å². The minimum Gasteiger partial charge on any atom is -0.336 e. The summed E-state index contributed by atoms with van der Waals surface area (Å²) in [6.07, 6.45) is 10.3. The molecule has 1 rings (SSSR count). The zero-order valence-corrected chi connectivity index (χ0v) is 10.6. The predicted octanol–water partition coefficient (Wildman–Crippen LogP) is 2.61. The Balaban J connectivity index is 2.06. The molecule has 0 aliphatic carbocycles. The summed E-state index contributed by atoms with van der Waals surface area (Å²) >= 11 is 0. The van der Waals surface area contributed by atoms with Gasteiger partial charge in [-0.05, 0) is 33.6 Å². The van der Waals surface area contributed by atoms with Gasteiger partial charge in [-0.2, -0.15) is 0 Å². The molecule has 0 aliphatic heterocycles. The van der Waals surface area contributed by atoms with Crippen LogP contribution in [0.1, 0.15) is 33.6 Å². The second kappa shape index (κ2) is 7.23. The summed E-state index contributed by atoms with van der Waals surface area (Å²) in [7, 11) is 0. The van der Waals surface area contributed by atoms with Crippen LogP contribution in [0.3, 0.4) is 0 Å². The van der Waals surface area contributed by atoms with E-state index in [9.17, 15) is 0 Å². The van der Waals surface area contributed by atoms with Crippen LogP contribution in [0.15, 0.2) is 30.4 Å². The normalized spacial score (nSPS) is 12.4. The highest BCUT2D eigenvalue weighted by Crippen LogP contribution is 2.00. The number of hydrogen-bond acceptors (Lipinski definition) is 2. The first-order chi connectivity index (χ1) is 7.68. The van der Waals surface area contributed by atoms with Crippen molar-refractivity contribution in [2.45, 2.75) is 46.2 Å². The van der Waals surface area contributed by atoms with E-state index in [0.29, 0.717) is 6.04 Å². The van der Waals surface area contributed by atoms with Crippen molar-refractivity contribution in [3.8, 4) is 0 Å². The summed E-state index contributed by atoms with van der Waals surface area (Å²) in [4.78, 5) is 4.02. The van der Waals surface area contributed by atoms with E-state index >= 15 is 0 Å². The van der Waals surface area contributed by atoms with Crippen molar-refractivity contribution in [1.29, 1.82) is 0 Å². The number of allylic oxidation sites excluding steroid dienone is 2. The monoisotopic (exact) mass is 221 g/mol. The lowest BCUT2D eigenvalue weighted by atomic mass is 10.1. The van der Waals surface area contributed by atoms with Crippen molar-refractivity contribution < 1.29 is 0 Å². The Hall–Kier alpha value is -1.09. The van der Waals surface area contributed by atoms with E-state index in [1.54, 1.807) is 0 Å². The number of imidazole rings is 1. The zero-order valence-electron chi connectivity index (χ0n) is 10.6. The molecule has 1 unspecified atom stereocenters. The Kier molecular flexibility index (Phi) is 5.86. The molecule has 0 aliphatic rings. The van der Waals surface area contributed by atoms with E-state index in [1.807, 2.05) is 18.7 Å². The fourth-order valence-corrected chi connectivity index (χ4v) is 1.58. The van der Waals surface area contributed by atoms with Gasteiger partial charge < -0.3 is 9.88 Å². The summed E-state index contributed by atoms with van der Waals surface area (Å²) in [6, 6.07) is 0.583. The van der Waals surface area contributed by atoms with Gasteiger partial charge in [0.05, 0.1) is 6.33 Å². The zero-order chi connectivity index (χ0) is 11.8. The lowest BCUT2D eigenvalue weighted by Gasteiger charge is -2.12. The third-order valence-electron chi connectivity index (χ3n) is 2.57. The summed E-state index contributed by atoms with van der Waals surface area (Å²) in [5, 5.41) is 3.52. The molecule has 3 heteroatoms.